The van der Waals surface area contributed by atoms with Crippen LogP contribution >= 0.6 is 0 Å². The minimum atomic E-state index is 0.492. The highest BCUT2D eigenvalue weighted by atomic mass is 15.3. The van der Waals surface area contributed by atoms with Crippen LogP contribution in [0.15, 0.2) is 66.2 Å². The fourth-order valence-corrected chi connectivity index (χ4v) is 3.71. The Kier molecular flexibility index (Phi) is 4.63. The molecule has 1 saturated heterocycles. The van der Waals surface area contributed by atoms with Crippen molar-refractivity contribution in [3.63, 3.8) is 0 Å². The third-order valence-corrected chi connectivity index (χ3v) is 5.29. The third-order valence-electron chi connectivity index (χ3n) is 5.29. The number of fused-ring (bicyclic) bond motifs is 1. The number of nitrogens with one attached hydrogen (secondary N) is 2. The summed E-state index contributed by atoms with van der Waals surface area (Å²) < 4.78 is 0. The van der Waals surface area contributed by atoms with Crippen LogP contribution in [0.1, 0.15) is 5.56 Å². The van der Waals surface area contributed by atoms with Gasteiger partial charge >= 0.3 is 0 Å². The summed E-state index contributed by atoms with van der Waals surface area (Å²) in [6.45, 7) is 4.89. The van der Waals surface area contributed by atoms with Crippen molar-refractivity contribution in [2.45, 2.75) is 6.42 Å². The SMILES string of the molecule is N=C1C=CC=C/C1=C(/N)N1CCN(CCc2c[nH]c3ccccc23)CC1. The number of para-hydroxylation sites is 1. The number of rotatable bonds is 4. The van der Waals surface area contributed by atoms with Gasteiger partial charge in [0.25, 0.3) is 0 Å². The Morgan fingerprint density at radius 1 is 1.08 bits per heavy atom. The molecule has 1 aliphatic carbocycles. The number of hydrogen-bond acceptors (Lipinski definition) is 4. The molecule has 2 heterocycles. The summed E-state index contributed by atoms with van der Waals surface area (Å²) >= 11 is 0. The minimum Gasteiger partial charge on any atom is -0.385 e. The number of aromatic nitrogens is 1. The van der Waals surface area contributed by atoms with Gasteiger partial charge in [-0.1, -0.05) is 30.4 Å². The monoisotopic (exact) mass is 347 g/mol. The van der Waals surface area contributed by atoms with Gasteiger partial charge in [0.1, 0.15) is 5.82 Å². The van der Waals surface area contributed by atoms with Gasteiger partial charge in [-0.3, -0.25) is 4.90 Å². The molecule has 0 radical (unpaired) electrons. The van der Waals surface area contributed by atoms with Crippen LogP contribution in [0.2, 0.25) is 0 Å². The molecule has 1 aromatic heterocycles. The van der Waals surface area contributed by atoms with E-state index < -0.39 is 0 Å². The lowest BCUT2D eigenvalue weighted by atomic mass is 10.0. The molecule has 0 saturated carbocycles. The van der Waals surface area contributed by atoms with E-state index in [-0.39, 0.29) is 0 Å². The molecule has 134 valence electrons. The van der Waals surface area contributed by atoms with Crippen molar-refractivity contribution in [1.29, 1.82) is 5.41 Å². The van der Waals surface area contributed by atoms with Crippen molar-refractivity contribution in [2.24, 2.45) is 5.73 Å². The van der Waals surface area contributed by atoms with Crippen molar-refractivity contribution < 1.29 is 0 Å². The number of nitrogens with zero attached hydrogens (tertiary/aromatic N) is 2. The molecule has 1 fully saturated rings. The number of benzene rings is 1. The highest BCUT2D eigenvalue weighted by molar-refractivity contribution is 6.09. The van der Waals surface area contributed by atoms with Gasteiger partial charge in [0.2, 0.25) is 0 Å². The van der Waals surface area contributed by atoms with Crippen LogP contribution in [0.25, 0.3) is 10.9 Å². The van der Waals surface area contributed by atoms with E-state index in [1.165, 1.54) is 16.5 Å². The molecular weight excluding hydrogens is 322 g/mol. The molecule has 0 amide bonds. The topological polar surface area (TPSA) is 72.1 Å². The van der Waals surface area contributed by atoms with Gasteiger partial charge in [-0.15, -0.1) is 0 Å². The standard InChI is InChI=1S/C21H25N5/c22-19-7-3-1-6-18(19)21(23)26-13-11-25(12-14-26)10-9-16-15-24-20-8-4-2-5-17(16)20/h1-8,15,22,24H,9-14,23H2/b21-18+,22-19?. The predicted molar refractivity (Wildman–Crippen MR) is 107 cm³/mol. The van der Waals surface area contributed by atoms with E-state index in [0.717, 1.165) is 50.5 Å². The fraction of sp³-hybridized carbons (Fsp3) is 0.286. The average molecular weight is 347 g/mol. The number of hydrogen-bond donors (Lipinski definition) is 3. The van der Waals surface area contributed by atoms with Crippen LogP contribution in [0.5, 0.6) is 0 Å². The molecule has 2 aliphatic rings. The molecule has 1 aliphatic heterocycles. The van der Waals surface area contributed by atoms with E-state index in [1.54, 1.807) is 6.08 Å². The van der Waals surface area contributed by atoms with Gasteiger partial charge < -0.3 is 21.0 Å². The molecule has 4 N–H and O–H groups in total. The van der Waals surface area contributed by atoms with Gasteiger partial charge in [-0.2, -0.15) is 0 Å². The molecular formula is C21H25N5. The Labute approximate surface area is 154 Å². The molecule has 0 atom stereocenters. The zero-order valence-corrected chi connectivity index (χ0v) is 14.9. The summed E-state index contributed by atoms with van der Waals surface area (Å²) in [5.41, 5.74) is 10.3. The second kappa shape index (κ2) is 7.22. The highest BCUT2D eigenvalue weighted by Gasteiger charge is 2.20. The number of H-pyrrole nitrogens is 1. The van der Waals surface area contributed by atoms with Gasteiger partial charge in [0, 0.05) is 55.4 Å². The highest BCUT2D eigenvalue weighted by Crippen LogP contribution is 2.19. The Morgan fingerprint density at radius 2 is 1.85 bits per heavy atom. The maximum atomic E-state index is 8.03. The first-order chi connectivity index (χ1) is 12.7. The van der Waals surface area contributed by atoms with E-state index in [9.17, 15) is 0 Å². The maximum absolute atomic E-state index is 8.03. The summed E-state index contributed by atoms with van der Waals surface area (Å²) in [5, 5.41) is 9.36. The van der Waals surface area contributed by atoms with Crippen LogP contribution < -0.4 is 5.73 Å². The molecule has 26 heavy (non-hydrogen) atoms. The summed E-state index contributed by atoms with van der Waals surface area (Å²) in [6.07, 6.45) is 10.7. The second-order valence-corrected chi connectivity index (χ2v) is 6.87. The molecule has 5 nitrogen and oxygen atoms in total. The van der Waals surface area contributed by atoms with Crippen LogP contribution in [0.3, 0.4) is 0 Å². The van der Waals surface area contributed by atoms with Crippen LogP contribution in [-0.4, -0.2) is 53.2 Å². The maximum Gasteiger partial charge on any atom is 0.108 e. The molecule has 0 spiro atoms. The van der Waals surface area contributed by atoms with Crippen LogP contribution in [0, 0.1) is 5.41 Å². The summed E-state index contributed by atoms with van der Waals surface area (Å²) in [4.78, 5) is 8.06. The molecule has 0 bridgehead atoms. The number of aromatic amines is 1. The molecule has 1 aromatic carbocycles. The quantitative estimate of drug-likeness (QED) is 0.796. The van der Waals surface area contributed by atoms with E-state index in [2.05, 4.69) is 45.2 Å². The van der Waals surface area contributed by atoms with E-state index in [4.69, 9.17) is 11.1 Å². The first-order valence-corrected chi connectivity index (χ1v) is 9.18. The van der Waals surface area contributed by atoms with Gasteiger partial charge in [0.05, 0.1) is 5.71 Å². The summed E-state index contributed by atoms with van der Waals surface area (Å²) in [5.74, 6) is 0.729. The molecule has 0 unspecified atom stereocenters. The number of nitrogens with two attached hydrogens (primary N) is 1. The average Bonchev–Trinajstić information content (AvgIpc) is 3.10. The van der Waals surface area contributed by atoms with Crippen molar-refractivity contribution >= 4 is 16.6 Å². The lowest BCUT2D eigenvalue weighted by Gasteiger charge is -2.36. The minimum absolute atomic E-state index is 0.492. The normalized spacial score (nSPS) is 20.2. The third kappa shape index (κ3) is 3.30. The van der Waals surface area contributed by atoms with Crippen molar-refractivity contribution in [3.05, 3.63) is 71.7 Å². The summed E-state index contributed by atoms with van der Waals surface area (Å²) in [7, 11) is 0. The first kappa shape index (κ1) is 16.7. The van der Waals surface area contributed by atoms with E-state index in [1.807, 2.05) is 18.2 Å². The Hall–Kier alpha value is -2.79. The molecule has 5 heteroatoms. The Bertz CT molecular complexity index is 894. The van der Waals surface area contributed by atoms with E-state index >= 15 is 0 Å². The zero-order chi connectivity index (χ0) is 17.9. The lowest BCUT2D eigenvalue weighted by molar-refractivity contribution is 0.159. The van der Waals surface area contributed by atoms with E-state index in [0.29, 0.717) is 5.71 Å². The lowest BCUT2D eigenvalue weighted by Crippen LogP contribution is -2.48. The smallest absolute Gasteiger partial charge is 0.108 e. The Balaban J connectivity index is 1.34. The van der Waals surface area contributed by atoms with Crippen LogP contribution in [0.4, 0.5) is 0 Å². The van der Waals surface area contributed by atoms with Gasteiger partial charge in [-0.25, -0.2) is 0 Å². The van der Waals surface area contributed by atoms with Gasteiger partial charge in [0.15, 0.2) is 0 Å². The fourth-order valence-electron chi connectivity index (χ4n) is 3.71. The predicted octanol–water partition coefficient (Wildman–Crippen LogP) is 2.64. The van der Waals surface area contributed by atoms with Crippen molar-refractivity contribution in [3.8, 4) is 0 Å². The van der Waals surface area contributed by atoms with Gasteiger partial charge in [-0.05, 0) is 30.2 Å². The van der Waals surface area contributed by atoms with Crippen molar-refractivity contribution in [1.82, 2.24) is 14.8 Å². The second-order valence-electron chi connectivity index (χ2n) is 6.87. The number of allylic oxidation sites excluding steroid dienone is 5. The van der Waals surface area contributed by atoms with Crippen molar-refractivity contribution in [2.75, 3.05) is 32.7 Å². The summed E-state index contributed by atoms with van der Waals surface area (Å²) in [6, 6.07) is 8.48. The zero-order valence-electron chi connectivity index (χ0n) is 14.9. The molecule has 2 aromatic rings. The number of piperazine rings is 1. The Morgan fingerprint density at radius 3 is 2.65 bits per heavy atom. The van der Waals surface area contributed by atoms with Crippen LogP contribution in [-0.2, 0) is 6.42 Å². The first-order valence-electron chi connectivity index (χ1n) is 9.18. The largest absolute Gasteiger partial charge is 0.385 e. The molecule has 4 rings (SSSR count).